The van der Waals surface area contributed by atoms with E-state index in [1.54, 1.807) is 0 Å². The van der Waals surface area contributed by atoms with Crippen LogP contribution in [0.3, 0.4) is 0 Å². The van der Waals surface area contributed by atoms with Crippen LogP contribution in [0.15, 0.2) is 14.6 Å². The number of nitrogens with one attached hydrogen (secondary N) is 2. The minimum absolute atomic E-state index is 0.331. The first kappa shape index (κ1) is 10.1. The minimum atomic E-state index is -0.504. The molecule has 0 saturated carbocycles. The Balaban J connectivity index is 3.07. The van der Waals surface area contributed by atoms with Crippen molar-refractivity contribution in [3.63, 3.8) is 0 Å². The Morgan fingerprint density at radius 3 is 2.54 bits per heavy atom. The van der Waals surface area contributed by atoms with Crippen LogP contribution in [0.4, 0.5) is 0 Å². The highest BCUT2D eigenvalue weighted by Gasteiger charge is 2.04. The van der Waals surface area contributed by atoms with Gasteiger partial charge in [0.15, 0.2) is 0 Å². The van der Waals surface area contributed by atoms with Gasteiger partial charge in [-0.05, 0) is 12.8 Å². The Labute approximate surface area is 80.8 Å². The maximum atomic E-state index is 11.2. The highest BCUT2D eigenvalue weighted by atomic mass is 32.1. The number of thiol groups is 1. The summed E-state index contributed by atoms with van der Waals surface area (Å²) in [5.41, 5.74) is -0.276. The molecule has 1 rings (SSSR count). The van der Waals surface area contributed by atoms with Crippen LogP contribution in [-0.2, 0) is 6.42 Å². The number of H-pyrrole nitrogens is 2. The van der Waals surface area contributed by atoms with Gasteiger partial charge in [-0.3, -0.25) is 9.78 Å². The highest BCUT2D eigenvalue weighted by molar-refractivity contribution is 7.80. The van der Waals surface area contributed by atoms with Crippen molar-refractivity contribution >= 4 is 12.6 Å². The lowest BCUT2D eigenvalue weighted by atomic mass is 10.1. The molecular weight excluding hydrogens is 188 g/mol. The van der Waals surface area contributed by atoms with Crippen molar-refractivity contribution in [2.24, 2.45) is 0 Å². The van der Waals surface area contributed by atoms with E-state index in [-0.39, 0.29) is 5.56 Å². The van der Waals surface area contributed by atoms with E-state index in [4.69, 9.17) is 0 Å². The van der Waals surface area contributed by atoms with Crippen LogP contribution in [-0.4, -0.2) is 9.97 Å². The zero-order chi connectivity index (χ0) is 9.84. The predicted molar refractivity (Wildman–Crippen MR) is 53.5 cm³/mol. The average molecular weight is 200 g/mol. The highest BCUT2D eigenvalue weighted by Crippen LogP contribution is 2.06. The quantitative estimate of drug-likeness (QED) is 0.496. The van der Waals surface area contributed by atoms with Crippen molar-refractivity contribution in [3.05, 3.63) is 26.4 Å². The van der Waals surface area contributed by atoms with Crippen LogP contribution in [0, 0.1) is 0 Å². The van der Waals surface area contributed by atoms with Crippen LogP contribution >= 0.6 is 12.6 Å². The molecule has 2 N–H and O–H groups in total. The Hall–Kier alpha value is -0.970. The molecule has 0 aliphatic carbocycles. The van der Waals surface area contributed by atoms with Gasteiger partial charge in [0.25, 0.3) is 5.56 Å². The molecular formula is C8H12N2O2S. The van der Waals surface area contributed by atoms with Gasteiger partial charge < -0.3 is 4.98 Å². The number of hydrogen-bond acceptors (Lipinski definition) is 3. The fourth-order valence-corrected chi connectivity index (χ4v) is 1.40. The Kier molecular flexibility index (Phi) is 3.36. The number of hydrogen-bond donors (Lipinski definition) is 3. The van der Waals surface area contributed by atoms with Crippen molar-refractivity contribution < 1.29 is 0 Å². The first-order chi connectivity index (χ1) is 6.15. The van der Waals surface area contributed by atoms with E-state index in [2.05, 4.69) is 22.6 Å². The Morgan fingerprint density at radius 2 is 2.00 bits per heavy atom. The summed E-state index contributed by atoms with van der Waals surface area (Å²) in [7, 11) is 0. The van der Waals surface area contributed by atoms with Crippen LogP contribution in [0.1, 0.15) is 25.3 Å². The molecule has 1 aromatic heterocycles. The molecule has 0 unspecified atom stereocenters. The van der Waals surface area contributed by atoms with Crippen molar-refractivity contribution in [1.82, 2.24) is 9.97 Å². The lowest BCUT2D eigenvalue weighted by Gasteiger charge is -2.00. The van der Waals surface area contributed by atoms with E-state index in [0.29, 0.717) is 17.0 Å². The lowest BCUT2D eigenvalue weighted by Crippen LogP contribution is -2.26. The van der Waals surface area contributed by atoms with Crippen LogP contribution in [0.5, 0.6) is 0 Å². The fourth-order valence-electron chi connectivity index (χ4n) is 1.09. The molecule has 0 fully saturated rings. The molecule has 4 nitrogen and oxygen atoms in total. The Bertz CT molecular complexity index is 394. The van der Waals surface area contributed by atoms with Crippen molar-refractivity contribution in [3.8, 4) is 0 Å². The van der Waals surface area contributed by atoms with E-state index < -0.39 is 5.69 Å². The smallest absolute Gasteiger partial charge is 0.302 e. The molecule has 72 valence electrons. The summed E-state index contributed by atoms with van der Waals surface area (Å²) in [6.07, 6.45) is 2.58. The van der Waals surface area contributed by atoms with E-state index in [1.807, 2.05) is 6.92 Å². The first-order valence-corrected chi connectivity index (χ1v) is 4.64. The van der Waals surface area contributed by atoms with E-state index in [1.165, 1.54) is 0 Å². The third-order valence-corrected chi connectivity index (χ3v) is 2.18. The molecule has 0 bridgehead atoms. The molecule has 0 aliphatic heterocycles. The van der Waals surface area contributed by atoms with Gasteiger partial charge in [-0.1, -0.05) is 13.3 Å². The molecule has 0 radical (unpaired) electrons. The third kappa shape index (κ3) is 2.48. The fraction of sp³-hybridized carbons (Fsp3) is 0.500. The van der Waals surface area contributed by atoms with Gasteiger partial charge in [-0.25, -0.2) is 4.79 Å². The topological polar surface area (TPSA) is 65.7 Å². The largest absolute Gasteiger partial charge is 0.326 e. The minimum Gasteiger partial charge on any atom is -0.302 e. The summed E-state index contributed by atoms with van der Waals surface area (Å²) in [5, 5.41) is 0.377. The van der Waals surface area contributed by atoms with Crippen molar-refractivity contribution in [2.75, 3.05) is 0 Å². The van der Waals surface area contributed by atoms with E-state index in [9.17, 15) is 9.59 Å². The molecule has 0 atom stereocenters. The van der Waals surface area contributed by atoms with Crippen molar-refractivity contribution in [2.45, 2.75) is 31.2 Å². The predicted octanol–water partition coefficient (Wildman–Crippen LogP) is 0.694. The Morgan fingerprint density at radius 1 is 1.31 bits per heavy atom. The molecule has 0 aromatic carbocycles. The second kappa shape index (κ2) is 4.32. The normalized spacial score (nSPS) is 10.3. The number of aromatic amines is 2. The van der Waals surface area contributed by atoms with Gasteiger partial charge in [0.2, 0.25) is 0 Å². The molecule has 0 saturated heterocycles. The second-order valence-corrected chi connectivity index (χ2v) is 3.29. The van der Waals surface area contributed by atoms with Crippen LogP contribution < -0.4 is 11.2 Å². The maximum Gasteiger partial charge on any atom is 0.326 e. The third-order valence-electron chi connectivity index (χ3n) is 1.80. The maximum absolute atomic E-state index is 11.2. The summed E-state index contributed by atoms with van der Waals surface area (Å²) in [6.45, 7) is 2.04. The van der Waals surface area contributed by atoms with Crippen LogP contribution in [0.2, 0.25) is 0 Å². The molecule has 0 spiro atoms. The first-order valence-electron chi connectivity index (χ1n) is 4.19. The molecule has 1 heterocycles. The summed E-state index contributed by atoms with van der Waals surface area (Å²) in [4.78, 5) is 26.6. The average Bonchev–Trinajstić information content (AvgIpc) is 2.02. The summed E-state index contributed by atoms with van der Waals surface area (Å²) < 4.78 is 0. The molecule has 5 heteroatoms. The van der Waals surface area contributed by atoms with Gasteiger partial charge >= 0.3 is 5.69 Å². The zero-order valence-electron chi connectivity index (χ0n) is 7.39. The lowest BCUT2D eigenvalue weighted by molar-refractivity contribution is 0.754. The van der Waals surface area contributed by atoms with E-state index in [0.717, 1.165) is 12.8 Å². The summed E-state index contributed by atoms with van der Waals surface area (Å²) >= 11 is 4.03. The molecule has 0 amide bonds. The standard InChI is InChI=1S/C8H12N2O2S/c1-2-3-4-5-6(11)9-8(12)10-7(5)13/h2-4H2,1H3,(H3,9,10,11,12,13). The number of rotatable bonds is 3. The molecule has 1 aromatic rings. The van der Waals surface area contributed by atoms with Gasteiger partial charge in [-0.15, -0.1) is 12.6 Å². The molecule has 13 heavy (non-hydrogen) atoms. The van der Waals surface area contributed by atoms with E-state index >= 15 is 0 Å². The monoisotopic (exact) mass is 200 g/mol. The number of aromatic nitrogens is 2. The second-order valence-electron chi connectivity index (χ2n) is 2.84. The van der Waals surface area contributed by atoms with Crippen LogP contribution in [0.25, 0.3) is 0 Å². The number of unbranched alkanes of at least 4 members (excludes halogenated alkanes) is 1. The summed E-state index contributed by atoms with van der Waals surface area (Å²) in [5.74, 6) is 0. The zero-order valence-corrected chi connectivity index (χ0v) is 8.28. The van der Waals surface area contributed by atoms with Gasteiger partial charge in [0.1, 0.15) is 0 Å². The van der Waals surface area contributed by atoms with Gasteiger partial charge in [-0.2, -0.15) is 0 Å². The molecule has 0 aliphatic rings. The van der Waals surface area contributed by atoms with Gasteiger partial charge in [0, 0.05) is 5.56 Å². The SMILES string of the molecule is CCCCc1c(S)[nH]c(=O)[nH]c1=O. The van der Waals surface area contributed by atoms with Crippen molar-refractivity contribution in [1.29, 1.82) is 0 Å². The summed E-state index contributed by atoms with van der Waals surface area (Å²) in [6, 6.07) is 0. The van der Waals surface area contributed by atoms with Gasteiger partial charge in [0.05, 0.1) is 5.03 Å².